The maximum atomic E-state index is 5.68. The van der Waals surface area contributed by atoms with Gasteiger partial charge in [-0.1, -0.05) is 31.2 Å². The van der Waals surface area contributed by atoms with Crippen LogP contribution in [0.25, 0.3) is 0 Å². The molecule has 0 bridgehead atoms. The zero-order valence-electron chi connectivity index (χ0n) is 19.4. The molecule has 4 fully saturated rings. The largest absolute Gasteiger partial charge is 0.444 e. The molecule has 0 radical (unpaired) electrons. The molecule has 1 heterocycles. The topological polar surface area (TPSA) is 73.6 Å². The number of hydrogen-bond acceptors (Lipinski definition) is 5. The number of oxazole rings is 1. The average molecular weight is 426 g/mol. The van der Waals surface area contributed by atoms with Gasteiger partial charge in [0.05, 0.1) is 18.5 Å². The van der Waals surface area contributed by atoms with Gasteiger partial charge in [0.25, 0.3) is 0 Å². The number of allylic oxidation sites excluding steroid dienone is 1. The summed E-state index contributed by atoms with van der Waals surface area (Å²) in [7, 11) is 0. The summed E-state index contributed by atoms with van der Waals surface area (Å²) in [6.07, 6.45) is 14.1. The fraction of sp³-hybridized carbons (Fsp3) is 0.769. The van der Waals surface area contributed by atoms with Crippen molar-refractivity contribution in [1.82, 2.24) is 4.98 Å². The number of aromatic nitrogens is 1. The summed E-state index contributed by atoms with van der Waals surface area (Å²) in [5.74, 6) is 4.84. The summed E-state index contributed by atoms with van der Waals surface area (Å²) in [6, 6.07) is 0. The minimum atomic E-state index is 0.333. The van der Waals surface area contributed by atoms with Gasteiger partial charge in [0.2, 0.25) is 5.89 Å². The molecule has 5 rings (SSSR count). The van der Waals surface area contributed by atoms with Crippen LogP contribution in [0.5, 0.6) is 0 Å². The fourth-order valence-corrected chi connectivity index (χ4v) is 7.89. The van der Waals surface area contributed by atoms with Crippen molar-refractivity contribution in [2.24, 2.45) is 45.4 Å². The van der Waals surface area contributed by atoms with Crippen molar-refractivity contribution in [2.75, 3.05) is 6.61 Å². The van der Waals surface area contributed by atoms with E-state index in [1.54, 1.807) is 11.8 Å². The summed E-state index contributed by atoms with van der Waals surface area (Å²) in [6.45, 7) is 10.5. The summed E-state index contributed by atoms with van der Waals surface area (Å²) in [5, 5.41) is 4.54. The molecule has 0 aromatic carbocycles. The molecule has 4 saturated carbocycles. The van der Waals surface area contributed by atoms with Gasteiger partial charge >= 0.3 is 0 Å². The number of rotatable bonds is 5. The molecule has 1 aromatic rings. The molecule has 0 spiro atoms. The van der Waals surface area contributed by atoms with Crippen molar-refractivity contribution < 1.29 is 9.25 Å². The number of hydrogen-bond donors (Lipinski definition) is 1. The molecule has 0 amide bonds. The highest BCUT2D eigenvalue weighted by Crippen LogP contribution is 2.66. The van der Waals surface area contributed by atoms with Gasteiger partial charge in [0, 0.05) is 6.42 Å². The fourth-order valence-electron chi connectivity index (χ4n) is 7.89. The highest BCUT2D eigenvalue weighted by molar-refractivity contribution is 5.85. The Labute approximate surface area is 186 Å². The third kappa shape index (κ3) is 3.57. The van der Waals surface area contributed by atoms with Gasteiger partial charge in [-0.25, -0.2) is 4.98 Å². The molecule has 6 atom stereocenters. The van der Waals surface area contributed by atoms with E-state index in [0.717, 1.165) is 42.3 Å². The molecule has 31 heavy (non-hydrogen) atoms. The Hall–Kier alpha value is -1.62. The van der Waals surface area contributed by atoms with Crippen LogP contribution in [0.4, 0.5) is 0 Å². The van der Waals surface area contributed by atoms with E-state index in [1.807, 2.05) is 0 Å². The van der Waals surface area contributed by atoms with Crippen molar-refractivity contribution in [3.05, 3.63) is 30.0 Å². The van der Waals surface area contributed by atoms with Gasteiger partial charge in [-0.15, -0.1) is 0 Å². The third-order valence-corrected chi connectivity index (χ3v) is 9.86. The second-order valence-corrected chi connectivity index (χ2v) is 11.1. The molecule has 2 N–H and O–H groups in total. The van der Waals surface area contributed by atoms with Gasteiger partial charge in [0.15, 0.2) is 0 Å². The molecule has 0 aliphatic heterocycles. The Kier molecular flexibility index (Phi) is 5.52. The minimum Gasteiger partial charge on any atom is -0.444 e. The highest BCUT2D eigenvalue weighted by Gasteiger charge is 2.58. The van der Waals surface area contributed by atoms with E-state index in [2.05, 4.69) is 30.6 Å². The quantitative estimate of drug-likeness (QED) is 0.376. The molecule has 4 unspecified atom stereocenters. The Morgan fingerprint density at radius 1 is 1.19 bits per heavy atom. The normalized spacial score (nSPS) is 41.0. The molecule has 1 aromatic heterocycles. The summed E-state index contributed by atoms with van der Waals surface area (Å²) in [5.41, 5.74) is 9.25. The van der Waals surface area contributed by atoms with Crippen molar-refractivity contribution in [2.45, 2.75) is 84.6 Å². The van der Waals surface area contributed by atoms with E-state index in [9.17, 15) is 0 Å². The number of oxime groups is 1. The SMILES string of the molecule is C=C1CCC2C3CCC4CC(=NOCCc5cnc(CN)o5)CC[C@]4(C)C3CC[C@]12C. The van der Waals surface area contributed by atoms with E-state index >= 15 is 0 Å². The smallest absolute Gasteiger partial charge is 0.208 e. The first-order valence-electron chi connectivity index (χ1n) is 12.4. The summed E-state index contributed by atoms with van der Waals surface area (Å²) >= 11 is 0. The lowest BCUT2D eigenvalue weighted by molar-refractivity contribution is -0.0859. The van der Waals surface area contributed by atoms with Crippen molar-refractivity contribution in [3.63, 3.8) is 0 Å². The van der Waals surface area contributed by atoms with Crippen LogP contribution in [0.15, 0.2) is 27.9 Å². The van der Waals surface area contributed by atoms with Crippen molar-refractivity contribution in [3.8, 4) is 0 Å². The summed E-state index contributed by atoms with van der Waals surface area (Å²) < 4.78 is 5.53. The third-order valence-electron chi connectivity index (χ3n) is 9.86. The van der Waals surface area contributed by atoms with Crippen molar-refractivity contribution in [1.29, 1.82) is 0 Å². The van der Waals surface area contributed by atoms with Gasteiger partial charge in [-0.3, -0.25) is 0 Å². The van der Waals surface area contributed by atoms with Crippen LogP contribution in [0, 0.1) is 34.5 Å². The molecular formula is C26H39N3O2. The van der Waals surface area contributed by atoms with E-state index < -0.39 is 0 Å². The molecule has 0 saturated heterocycles. The van der Waals surface area contributed by atoms with E-state index in [4.69, 9.17) is 15.0 Å². The molecule has 170 valence electrons. The predicted octanol–water partition coefficient (Wildman–Crippen LogP) is 5.65. The Balaban J connectivity index is 1.19. The van der Waals surface area contributed by atoms with E-state index in [0.29, 0.717) is 36.3 Å². The Morgan fingerprint density at radius 2 is 2.06 bits per heavy atom. The predicted molar refractivity (Wildman–Crippen MR) is 122 cm³/mol. The lowest BCUT2D eigenvalue weighted by Crippen LogP contribution is -2.52. The van der Waals surface area contributed by atoms with Crippen LogP contribution in [-0.2, 0) is 17.8 Å². The molecular weight excluding hydrogens is 386 g/mol. The first-order valence-corrected chi connectivity index (χ1v) is 12.4. The van der Waals surface area contributed by atoms with Crippen molar-refractivity contribution >= 4 is 5.71 Å². The number of nitrogens with zero attached hydrogens (tertiary/aromatic N) is 2. The molecule has 5 nitrogen and oxygen atoms in total. The van der Waals surface area contributed by atoms with Crippen LogP contribution < -0.4 is 5.73 Å². The van der Waals surface area contributed by atoms with Gasteiger partial charge < -0.3 is 15.0 Å². The lowest BCUT2D eigenvalue weighted by Gasteiger charge is -2.60. The molecule has 4 aliphatic carbocycles. The van der Waals surface area contributed by atoms with Gasteiger partial charge in [0.1, 0.15) is 12.4 Å². The average Bonchev–Trinajstić information content (AvgIpc) is 3.35. The monoisotopic (exact) mass is 425 g/mol. The second kappa shape index (κ2) is 8.06. The standard InChI is InChI=1S/C26H39N3O2/c1-17-4-7-22-21-6-5-18-14-19(29-30-13-10-20-16-28-24(15-27)31-20)8-11-26(18,3)23(21)9-12-25(17,22)2/h16,18,21-23H,1,4-15,27H2,2-3H3/t18?,21?,22?,23?,25-,26+/m1/s1. The first kappa shape index (κ1) is 21.2. The second-order valence-electron chi connectivity index (χ2n) is 11.1. The molecule has 5 heteroatoms. The Bertz CT molecular complexity index is 861. The maximum absolute atomic E-state index is 5.68. The van der Waals surface area contributed by atoms with Crippen LogP contribution in [0.2, 0.25) is 0 Å². The first-order chi connectivity index (χ1) is 14.9. The van der Waals surface area contributed by atoms with Crippen LogP contribution >= 0.6 is 0 Å². The Morgan fingerprint density at radius 3 is 2.87 bits per heavy atom. The molecule has 4 aliphatic rings. The zero-order chi connectivity index (χ0) is 21.6. The van der Waals surface area contributed by atoms with Gasteiger partial charge in [-0.2, -0.15) is 0 Å². The van der Waals surface area contributed by atoms with Gasteiger partial charge in [-0.05, 0) is 92.3 Å². The van der Waals surface area contributed by atoms with Crippen LogP contribution in [0.1, 0.15) is 83.3 Å². The number of fused-ring (bicyclic) bond motifs is 5. The van der Waals surface area contributed by atoms with E-state index in [-0.39, 0.29) is 0 Å². The summed E-state index contributed by atoms with van der Waals surface area (Å²) in [4.78, 5) is 9.81. The number of nitrogens with two attached hydrogens (primary N) is 1. The van der Waals surface area contributed by atoms with E-state index in [1.165, 1.54) is 50.7 Å². The van der Waals surface area contributed by atoms with Crippen LogP contribution in [0.3, 0.4) is 0 Å². The highest BCUT2D eigenvalue weighted by atomic mass is 16.6. The lowest BCUT2D eigenvalue weighted by atomic mass is 9.45. The van der Waals surface area contributed by atoms with Crippen LogP contribution in [-0.4, -0.2) is 17.3 Å². The maximum Gasteiger partial charge on any atom is 0.208 e. The minimum absolute atomic E-state index is 0.333. The zero-order valence-corrected chi connectivity index (χ0v) is 19.4.